The zero-order valence-corrected chi connectivity index (χ0v) is 10.3. The molecule has 3 heteroatoms. The van der Waals surface area contributed by atoms with Crippen molar-refractivity contribution in [2.75, 3.05) is 13.2 Å². The van der Waals surface area contributed by atoms with Crippen molar-refractivity contribution in [3.63, 3.8) is 0 Å². The molecule has 0 radical (unpaired) electrons. The standard InChI is InChI=1S/C12H16BrNO/c13-11-5-3-4-10(8-11)12(9-15)6-1-2-7-14-12/h3-5,8,14-15H,1-2,6-7,9H2. The molecular formula is C12H16BrNO. The van der Waals surface area contributed by atoms with E-state index in [-0.39, 0.29) is 12.1 Å². The first-order chi connectivity index (χ1) is 7.27. The SMILES string of the molecule is OCC1(c2cccc(Br)c2)CCCCN1. The lowest BCUT2D eigenvalue weighted by Gasteiger charge is -2.37. The van der Waals surface area contributed by atoms with Crippen molar-refractivity contribution in [2.24, 2.45) is 0 Å². The molecule has 1 saturated heterocycles. The van der Waals surface area contributed by atoms with Crippen LogP contribution in [0.5, 0.6) is 0 Å². The Kier molecular flexibility index (Phi) is 3.44. The molecule has 0 aliphatic carbocycles. The van der Waals surface area contributed by atoms with E-state index in [0.29, 0.717) is 0 Å². The van der Waals surface area contributed by atoms with Crippen LogP contribution in [0.4, 0.5) is 0 Å². The van der Waals surface area contributed by atoms with E-state index in [1.807, 2.05) is 12.1 Å². The lowest BCUT2D eigenvalue weighted by molar-refractivity contribution is 0.131. The quantitative estimate of drug-likeness (QED) is 0.865. The number of benzene rings is 1. The Bertz CT molecular complexity index is 334. The fraction of sp³-hybridized carbons (Fsp3) is 0.500. The minimum Gasteiger partial charge on any atom is -0.394 e. The molecule has 0 saturated carbocycles. The zero-order valence-electron chi connectivity index (χ0n) is 8.67. The third kappa shape index (κ3) is 2.25. The van der Waals surface area contributed by atoms with Gasteiger partial charge in [0, 0.05) is 4.47 Å². The Balaban J connectivity index is 2.32. The summed E-state index contributed by atoms with van der Waals surface area (Å²) in [4.78, 5) is 0. The summed E-state index contributed by atoms with van der Waals surface area (Å²) in [6.07, 6.45) is 3.40. The Hall–Kier alpha value is -0.380. The summed E-state index contributed by atoms with van der Waals surface area (Å²) in [5.41, 5.74) is 0.959. The number of piperidine rings is 1. The Morgan fingerprint density at radius 2 is 2.27 bits per heavy atom. The first-order valence-corrected chi connectivity index (χ1v) is 6.18. The molecule has 15 heavy (non-hydrogen) atoms. The van der Waals surface area contributed by atoms with Crippen LogP contribution in [0.3, 0.4) is 0 Å². The van der Waals surface area contributed by atoms with Gasteiger partial charge in [-0.15, -0.1) is 0 Å². The van der Waals surface area contributed by atoms with Gasteiger partial charge < -0.3 is 10.4 Å². The first kappa shape index (κ1) is 11.1. The maximum Gasteiger partial charge on any atom is 0.0669 e. The van der Waals surface area contributed by atoms with Gasteiger partial charge in [-0.2, -0.15) is 0 Å². The maximum absolute atomic E-state index is 9.61. The predicted molar refractivity (Wildman–Crippen MR) is 64.8 cm³/mol. The number of aliphatic hydroxyl groups excluding tert-OH is 1. The number of hydrogen-bond acceptors (Lipinski definition) is 2. The second-order valence-corrected chi connectivity index (χ2v) is 5.05. The summed E-state index contributed by atoms with van der Waals surface area (Å²) in [6, 6.07) is 8.21. The molecule has 1 unspecified atom stereocenters. The highest BCUT2D eigenvalue weighted by Gasteiger charge is 2.32. The van der Waals surface area contributed by atoms with Gasteiger partial charge >= 0.3 is 0 Å². The van der Waals surface area contributed by atoms with Gasteiger partial charge in [0.25, 0.3) is 0 Å². The van der Waals surface area contributed by atoms with Crippen molar-refractivity contribution in [1.29, 1.82) is 0 Å². The summed E-state index contributed by atoms with van der Waals surface area (Å²) in [6.45, 7) is 1.16. The normalized spacial score (nSPS) is 26.5. The van der Waals surface area contributed by atoms with Crippen LogP contribution >= 0.6 is 15.9 Å². The fourth-order valence-electron chi connectivity index (χ4n) is 2.23. The average Bonchev–Trinajstić information content (AvgIpc) is 2.30. The molecule has 1 aromatic carbocycles. The summed E-state index contributed by atoms with van der Waals surface area (Å²) in [5.74, 6) is 0. The Labute approximate surface area is 98.8 Å². The molecule has 0 bridgehead atoms. The van der Waals surface area contributed by atoms with Gasteiger partial charge in [-0.1, -0.05) is 28.1 Å². The minimum atomic E-state index is -0.220. The second kappa shape index (κ2) is 4.64. The molecule has 1 heterocycles. The summed E-state index contributed by atoms with van der Waals surface area (Å²) >= 11 is 3.47. The number of aliphatic hydroxyl groups is 1. The van der Waals surface area contributed by atoms with Crippen molar-refractivity contribution in [3.05, 3.63) is 34.3 Å². The van der Waals surface area contributed by atoms with Crippen molar-refractivity contribution >= 4 is 15.9 Å². The van der Waals surface area contributed by atoms with Crippen LogP contribution in [-0.2, 0) is 5.54 Å². The molecule has 1 aliphatic heterocycles. The maximum atomic E-state index is 9.61. The Morgan fingerprint density at radius 1 is 1.40 bits per heavy atom. The smallest absolute Gasteiger partial charge is 0.0669 e. The van der Waals surface area contributed by atoms with Crippen molar-refractivity contribution < 1.29 is 5.11 Å². The number of hydrogen-bond donors (Lipinski definition) is 2. The van der Waals surface area contributed by atoms with E-state index in [0.717, 1.165) is 17.4 Å². The van der Waals surface area contributed by atoms with E-state index in [1.54, 1.807) is 0 Å². The van der Waals surface area contributed by atoms with Crippen molar-refractivity contribution in [2.45, 2.75) is 24.8 Å². The largest absolute Gasteiger partial charge is 0.394 e. The van der Waals surface area contributed by atoms with E-state index in [1.165, 1.54) is 18.4 Å². The molecule has 1 atom stereocenters. The van der Waals surface area contributed by atoms with Crippen molar-refractivity contribution in [3.8, 4) is 0 Å². The third-order valence-corrected chi connectivity index (χ3v) is 3.63. The highest BCUT2D eigenvalue weighted by atomic mass is 79.9. The summed E-state index contributed by atoms with van der Waals surface area (Å²) < 4.78 is 1.07. The number of nitrogens with one attached hydrogen (secondary N) is 1. The average molecular weight is 270 g/mol. The fourth-order valence-corrected chi connectivity index (χ4v) is 2.63. The monoisotopic (exact) mass is 269 g/mol. The molecule has 1 fully saturated rings. The molecule has 0 spiro atoms. The summed E-state index contributed by atoms with van der Waals surface area (Å²) in [5, 5.41) is 13.1. The second-order valence-electron chi connectivity index (χ2n) is 4.13. The molecule has 82 valence electrons. The van der Waals surface area contributed by atoms with E-state index >= 15 is 0 Å². The van der Waals surface area contributed by atoms with Crippen LogP contribution in [-0.4, -0.2) is 18.3 Å². The van der Waals surface area contributed by atoms with E-state index in [4.69, 9.17) is 0 Å². The van der Waals surface area contributed by atoms with Gasteiger partial charge in [0.2, 0.25) is 0 Å². The molecule has 2 nitrogen and oxygen atoms in total. The van der Waals surface area contributed by atoms with Gasteiger partial charge in [0.15, 0.2) is 0 Å². The van der Waals surface area contributed by atoms with E-state index in [2.05, 4.69) is 33.4 Å². The van der Waals surface area contributed by atoms with Crippen LogP contribution in [0, 0.1) is 0 Å². The van der Waals surface area contributed by atoms with E-state index < -0.39 is 0 Å². The molecule has 0 aromatic heterocycles. The van der Waals surface area contributed by atoms with Crippen LogP contribution in [0.1, 0.15) is 24.8 Å². The number of halogens is 1. The topological polar surface area (TPSA) is 32.3 Å². The van der Waals surface area contributed by atoms with Gasteiger partial charge in [-0.25, -0.2) is 0 Å². The highest BCUT2D eigenvalue weighted by Crippen LogP contribution is 2.31. The lowest BCUT2D eigenvalue weighted by Crippen LogP contribution is -2.48. The number of rotatable bonds is 2. The van der Waals surface area contributed by atoms with Gasteiger partial charge in [-0.3, -0.25) is 0 Å². The molecule has 1 aliphatic rings. The van der Waals surface area contributed by atoms with Gasteiger partial charge in [-0.05, 0) is 43.5 Å². The van der Waals surface area contributed by atoms with E-state index in [9.17, 15) is 5.11 Å². The Morgan fingerprint density at radius 3 is 2.87 bits per heavy atom. The van der Waals surface area contributed by atoms with Crippen LogP contribution in [0.2, 0.25) is 0 Å². The molecule has 2 N–H and O–H groups in total. The first-order valence-electron chi connectivity index (χ1n) is 5.39. The van der Waals surface area contributed by atoms with Gasteiger partial charge in [0.05, 0.1) is 12.1 Å². The minimum absolute atomic E-state index is 0.170. The van der Waals surface area contributed by atoms with Gasteiger partial charge in [0.1, 0.15) is 0 Å². The van der Waals surface area contributed by atoms with Crippen LogP contribution in [0.15, 0.2) is 28.7 Å². The molecule has 2 rings (SSSR count). The summed E-state index contributed by atoms with van der Waals surface area (Å²) in [7, 11) is 0. The highest BCUT2D eigenvalue weighted by molar-refractivity contribution is 9.10. The van der Waals surface area contributed by atoms with Crippen LogP contribution < -0.4 is 5.32 Å². The zero-order chi connectivity index (χ0) is 10.7. The predicted octanol–water partition coefficient (Wildman–Crippen LogP) is 2.41. The molecule has 1 aromatic rings. The van der Waals surface area contributed by atoms with Crippen LogP contribution in [0.25, 0.3) is 0 Å². The third-order valence-electron chi connectivity index (χ3n) is 3.14. The molecule has 0 amide bonds. The molecular weight excluding hydrogens is 254 g/mol. The van der Waals surface area contributed by atoms with Crippen molar-refractivity contribution in [1.82, 2.24) is 5.32 Å². The lowest BCUT2D eigenvalue weighted by atomic mass is 9.83.